The van der Waals surface area contributed by atoms with E-state index in [-0.39, 0.29) is 29.8 Å². The maximum atomic E-state index is 13.7. The van der Waals surface area contributed by atoms with Crippen molar-refractivity contribution in [1.82, 2.24) is 10.6 Å². The van der Waals surface area contributed by atoms with E-state index in [9.17, 15) is 4.39 Å². The van der Waals surface area contributed by atoms with Crippen molar-refractivity contribution in [3.8, 4) is 11.5 Å². The molecular weight excluding hydrogens is 472 g/mol. The molecule has 0 bridgehead atoms. The van der Waals surface area contributed by atoms with Gasteiger partial charge < -0.3 is 20.1 Å². The predicted molar refractivity (Wildman–Crippen MR) is 111 cm³/mol. The van der Waals surface area contributed by atoms with Gasteiger partial charge in [0, 0.05) is 25.7 Å². The lowest BCUT2D eigenvalue weighted by molar-refractivity contribution is 0.171. The van der Waals surface area contributed by atoms with Crippen LogP contribution in [-0.4, -0.2) is 26.2 Å². The van der Waals surface area contributed by atoms with Gasteiger partial charge in [0.1, 0.15) is 19.0 Å². The minimum atomic E-state index is -0.246. The Balaban J connectivity index is 0.00000243. The quantitative estimate of drug-likeness (QED) is 0.389. The van der Waals surface area contributed by atoms with Gasteiger partial charge in [0.05, 0.1) is 5.02 Å². The summed E-state index contributed by atoms with van der Waals surface area (Å²) in [5.41, 5.74) is 1.51. The monoisotopic (exact) mass is 491 g/mol. The average Bonchev–Trinajstić information content (AvgIpc) is 2.63. The molecule has 0 saturated heterocycles. The molecule has 26 heavy (non-hydrogen) atoms. The lowest BCUT2D eigenvalue weighted by atomic mass is 10.2. The summed E-state index contributed by atoms with van der Waals surface area (Å²) in [4.78, 5) is 4.14. The Kier molecular flexibility index (Phi) is 7.77. The van der Waals surface area contributed by atoms with E-state index < -0.39 is 0 Å². The molecule has 0 amide bonds. The molecule has 2 aromatic carbocycles. The summed E-state index contributed by atoms with van der Waals surface area (Å²) in [5, 5.41) is 6.77. The highest BCUT2D eigenvalue weighted by molar-refractivity contribution is 14.0. The highest BCUT2D eigenvalue weighted by Gasteiger charge is 2.16. The number of nitrogens with one attached hydrogen (secondary N) is 2. The molecule has 0 aliphatic carbocycles. The number of aliphatic imine (C=N–C) groups is 1. The van der Waals surface area contributed by atoms with Gasteiger partial charge in [-0.3, -0.25) is 4.99 Å². The number of hydrogen-bond acceptors (Lipinski definition) is 3. The Bertz CT molecular complexity index is 789. The van der Waals surface area contributed by atoms with Crippen molar-refractivity contribution in [3.63, 3.8) is 0 Å². The Hall–Kier alpha value is -1.74. The van der Waals surface area contributed by atoms with Crippen LogP contribution in [0.5, 0.6) is 11.5 Å². The second-order valence-electron chi connectivity index (χ2n) is 5.47. The maximum absolute atomic E-state index is 13.7. The number of hydrogen-bond donors (Lipinski definition) is 2. The van der Waals surface area contributed by atoms with E-state index in [1.165, 1.54) is 6.07 Å². The first-order valence-corrected chi connectivity index (χ1v) is 8.31. The molecule has 0 saturated carbocycles. The Labute approximate surface area is 174 Å². The first-order chi connectivity index (χ1) is 12.2. The molecule has 1 aliphatic heterocycles. The normalized spacial score (nSPS) is 13.0. The summed E-state index contributed by atoms with van der Waals surface area (Å²) in [7, 11) is 1.66. The van der Waals surface area contributed by atoms with Gasteiger partial charge in [0.15, 0.2) is 17.5 Å². The number of fused-ring (bicyclic) bond motifs is 1. The molecule has 3 rings (SSSR count). The second-order valence-corrected chi connectivity index (χ2v) is 5.88. The van der Waals surface area contributed by atoms with E-state index in [2.05, 4.69) is 15.6 Å². The Morgan fingerprint density at radius 3 is 2.65 bits per heavy atom. The minimum Gasteiger partial charge on any atom is -0.486 e. The summed E-state index contributed by atoms with van der Waals surface area (Å²) in [6.07, 6.45) is 0. The summed E-state index contributed by atoms with van der Waals surface area (Å²) in [5.74, 6) is 1.54. The second kappa shape index (κ2) is 9.82. The van der Waals surface area contributed by atoms with Crippen LogP contribution in [0, 0.1) is 5.82 Å². The van der Waals surface area contributed by atoms with Crippen LogP contribution in [0.15, 0.2) is 41.4 Å². The number of nitrogens with zero attached hydrogens (tertiary/aromatic N) is 1. The van der Waals surface area contributed by atoms with E-state index in [0.29, 0.717) is 54.3 Å². The van der Waals surface area contributed by atoms with Crippen molar-refractivity contribution < 1.29 is 13.9 Å². The van der Waals surface area contributed by atoms with Crippen LogP contribution in [0.4, 0.5) is 4.39 Å². The van der Waals surface area contributed by atoms with Crippen LogP contribution in [0.3, 0.4) is 0 Å². The summed E-state index contributed by atoms with van der Waals surface area (Å²) in [6.45, 7) is 1.84. The summed E-state index contributed by atoms with van der Waals surface area (Å²) in [6, 6.07) is 10.3. The van der Waals surface area contributed by atoms with Crippen LogP contribution in [-0.2, 0) is 13.1 Å². The van der Waals surface area contributed by atoms with Crippen molar-refractivity contribution in [2.75, 3.05) is 20.3 Å². The molecule has 0 atom stereocenters. The van der Waals surface area contributed by atoms with E-state index in [1.807, 2.05) is 12.1 Å². The molecule has 1 aliphatic rings. The van der Waals surface area contributed by atoms with Crippen molar-refractivity contribution in [1.29, 1.82) is 0 Å². The topological polar surface area (TPSA) is 54.9 Å². The third kappa shape index (κ3) is 5.14. The lowest BCUT2D eigenvalue weighted by Gasteiger charge is -2.20. The van der Waals surface area contributed by atoms with E-state index >= 15 is 0 Å². The van der Waals surface area contributed by atoms with Crippen molar-refractivity contribution in [3.05, 3.63) is 58.4 Å². The number of rotatable bonds is 4. The number of halogens is 3. The fourth-order valence-corrected chi connectivity index (χ4v) is 2.78. The molecule has 0 spiro atoms. The van der Waals surface area contributed by atoms with E-state index in [4.69, 9.17) is 21.1 Å². The average molecular weight is 492 g/mol. The molecule has 0 fully saturated rings. The predicted octanol–water partition coefficient (Wildman–Crippen LogP) is 3.73. The van der Waals surface area contributed by atoms with Crippen LogP contribution < -0.4 is 20.1 Å². The zero-order valence-electron chi connectivity index (χ0n) is 14.2. The Morgan fingerprint density at radius 2 is 1.88 bits per heavy atom. The zero-order valence-corrected chi connectivity index (χ0v) is 17.3. The molecule has 0 radical (unpaired) electrons. The molecule has 8 heteroatoms. The van der Waals surface area contributed by atoms with Crippen LogP contribution in [0.25, 0.3) is 0 Å². The number of ether oxygens (including phenoxy) is 2. The minimum absolute atomic E-state index is 0. The zero-order chi connectivity index (χ0) is 17.6. The van der Waals surface area contributed by atoms with Gasteiger partial charge in [-0.1, -0.05) is 29.8 Å². The molecule has 2 aromatic rings. The lowest BCUT2D eigenvalue weighted by Crippen LogP contribution is -2.36. The van der Waals surface area contributed by atoms with Crippen LogP contribution in [0.1, 0.15) is 11.1 Å². The third-order valence-electron chi connectivity index (χ3n) is 3.74. The SMILES string of the molecule is CN=C(NCc1cc(Cl)c2c(c1)OCCO2)NCc1ccccc1F.I. The van der Waals surface area contributed by atoms with Gasteiger partial charge in [-0.2, -0.15) is 0 Å². The van der Waals surface area contributed by atoms with Crippen LogP contribution in [0.2, 0.25) is 5.02 Å². The maximum Gasteiger partial charge on any atom is 0.191 e. The fourth-order valence-electron chi connectivity index (χ4n) is 2.49. The number of benzene rings is 2. The molecule has 5 nitrogen and oxygen atoms in total. The van der Waals surface area contributed by atoms with Gasteiger partial charge in [-0.15, -0.1) is 24.0 Å². The highest BCUT2D eigenvalue weighted by Crippen LogP contribution is 2.38. The summed E-state index contributed by atoms with van der Waals surface area (Å²) < 4.78 is 24.7. The number of guanidine groups is 1. The molecule has 1 heterocycles. The molecular formula is C18H20ClFIN3O2. The van der Waals surface area contributed by atoms with Crippen molar-refractivity contribution in [2.45, 2.75) is 13.1 Å². The van der Waals surface area contributed by atoms with Crippen LogP contribution >= 0.6 is 35.6 Å². The van der Waals surface area contributed by atoms with Crippen molar-refractivity contribution >= 4 is 41.5 Å². The standard InChI is InChI=1S/C18H19ClFN3O2.HI/c1-21-18(23-11-13-4-2-3-5-15(13)20)22-10-12-8-14(19)17-16(9-12)24-6-7-25-17;/h2-5,8-9H,6-7,10-11H2,1H3,(H2,21,22,23);1H. The first kappa shape index (κ1) is 20.6. The highest BCUT2D eigenvalue weighted by atomic mass is 127. The largest absolute Gasteiger partial charge is 0.486 e. The molecule has 140 valence electrons. The van der Waals surface area contributed by atoms with Gasteiger partial charge >= 0.3 is 0 Å². The Morgan fingerprint density at radius 1 is 1.15 bits per heavy atom. The molecule has 0 aromatic heterocycles. The van der Waals surface area contributed by atoms with Gasteiger partial charge in [-0.05, 0) is 23.8 Å². The summed E-state index contributed by atoms with van der Waals surface area (Å²) >= 11 is 6.23. The molecule has 2 N–H and O–H groups in total. The van der Waals surface area contributed by atoms with Gasteiger partial charge in [0.2, 0.25) is 0 Å². The first-order valence-electron chi connectivity index (χ1n) is 7.93. The van der Waals surface area contributed by atoms with E-state index in [0.717, 1.165) is 5.56 Å². The van der Waals surface area contributed by atoms with Crippen molar-refractivity contribution in [2.24, 2.45) is 4.99 Å². The third-order valence-corrected chi connectivity index (χ3v) is 4.03. The fraction of sp³-hybridized carbons (Fsp3) is 0.278. The van der Waals surface area contributed by atoms with Gasteiger partial charge in [0.25, 0.3) is 0 Å². The smallest absolute Gasteiger partial charge is 0.191 e. The molecule has 0 unspecified atom stereocenters. The van der Waals surface area contributed by atoms with E-state index in [1.54, 1.807) is 25.2 Å². The van der Waals surface area contributed by atoms with Gasteiger partial charge in [-0.25, -0.2) is 4.39 Å².